The Morgan fingerprint density at radius 3 is 2.57 bits per heavy atom. The zero-order valence-electron chi connectivity index (χ0n) is 11.8. The molecule has 2 rings (SSSR count). The highest BCUT2D eigenvalue weighted by Crippen LogP contribution is 2.27. The lowest BCUT2D eigenvalue weighted by atomic mass is 10.2. The van der Waals surface area contributed by atoms with E-state index in [4.69, 9.17) is 16.3 Å². The molecule has 0 amide bonds. The van der Waals surface area contributed by atoms with E-state index in [9.17, 15) is 8.42 Å². The van der Waals surface area contributed by atoms with E-state index in [0.29, 0.717) is 16.4 Å². The third-order valence-corrected chi connectivity index (χ3v) is 4.67. The molecule has 7 heteroatoms. The molecule has 5 nitrogen and oxygen atoms in total. The Morgan fingerprint density at radius 2 is 1.95 bits per heavy atom. The van der Waals surface area contributed by atoms with E-state index in [1.165, 1.54) is 13.3 Å². The second kappa shape index (κ2) is 5.91. The molecule has 0 radical (unpaired) electrons. The molecule has 0 aliphatic rings. The number of halogens is 1. The molecule has 0 saturated carbocycles. The molecule has 0 atom stereocenters. The van der Waals surface area contributed by atoms with Gasteiger partial charge < -0.3 is 4.74 Å². The molecule has 0 saturated heterocycles. The highest BCUT2D eigenvalue weighted by atomic mass is 35.5. The monoisotopic (exact) mass is 326 g/mol. The number of ether oxygens (including phenoxy) is 1. The normalized spacial score (nSPS) is 11.2. The van der Waals surface area contributed by atoms with Crippen LogP contribution in [0.4, 0.5) is 5.69 Å². The summed E-state index contributed by atoms with van der Waals surface area (Å²) in [6.45, 7) is 3.56. The fourth-order valence-electron chi connectivity index (χ4n) is 1.82. The van der Waals surface area contributed by atoms with E-state index >= 15 is 0 Å². The zero-order valence-corrected chi connectivity index (χ0v) is 13.4. The van der Waals surface area contributed by atoms with Gasteiger partial charge in [-0.25, -0.2) is 13.4 Å². The van der Waals surface area contributed by atoms with E-state index in [1.54, 1.807) is 31.2 Å². The molecule has 0 aliphatic heterocycles. The van der Waals surface area contributed by atoms with Crippen molar-refractivity contribution in [2.45, 2.75) is 18.7 Å². The van der Waals surface area contributed by atoms with Crippen molar-refractivity contribution in [3.63, 3.8) is 0 Å². The van der Waals surface area contributed by atoms with E-state index < -0.39 is 10.0 Å². The standard InChI is InChI=1S/C14H15ClN2O3S/c1-9-4-5-12(20-3)13(6-9)21(18,19)17-11-7-10(2)14(15)16-8-11/h4-8,17H,1-3H3. The molecule has 1 N–H and O–H groups in total. The molecule has 0 spiro atoms. The average Bonchev–Trinajstić information content (AvgIpc) is 2.42. The van der Waals surface area contributed by atoms with Crippen molar-refractivity contribution in [1.82, 2.24) is 4.98 Å². The largest absolute Gasteiger partial charge is 0.495 e. The summed E-state index contributed by atoms with van der Waals surface area (Å²) < 4.78 is 32.5. The smallest absolute Gasteiger partial charge is 0.265 e. The fourth-order valence-corrected chi connectivity index (χ4v) is 3.21. The fraction of sp³-hybridized carbons (Fsp3) is 0.214. The number of hydrogen-bond donors (Lipinski definition) is 1. The van der Waals surface area contributed by atoms with Gasteiger partial charge in [0.15, 0.2) is 0 Å². The molecule has 1 heterocycles. The molecule has 0 aliphatic carbocycles. The van der Waals surface area contributed by atoms with Gasteiger partial charge in [0.1, 0.15) is 15.8 Å². The number of hydrogen-bond acceptors (Lipinski definition) is 4. The van der Waals surface area contributed by atoms with Gasteiger partial charge in [-0.15, -0.1) is 0 Å². The number of sulfonamides is 1. The SMILES string of the molecule is COc1ccc(C)cc1S(=O)(=O)Nc1cnc(Cl)c(C)c1. The van der Waals surface area contributed by atoms with Gasteiger partial charge in [-0.05, 0) is 43.2 Å². The predicted octanol–water partition coefficient (Wildman–Crippen LogP) is 3.16. The minimum atomic E-state index is -3.77. The first-order valence-electron chi connectivity index (χ1n) is 6.13. The highest BCUT2D eigenvalue weighted by Gasteiger charge is 2.20. The van der Waals surface area contributed by atoms with E-state index in [2.05, 4.69) is 9.71 Å². The van der Waals surface area contributed by atoms with Crippen LogP contribution in [0.1, 0.15) is 11.1 Å². The first kappa shape index (κ1) is 15.6. The maximum atomic E-state index is 12.5. The minimum absolute atomic E-state index is 0.0811. The maximum absolute atomic E-state index is 12.5. The summed E-state index contributed by atoms with van der Waals surface area (Å²) >= 11 is 5.83. The van der Waals surface area contributed by atoms with Crippen molar-refractivity contribution in [2.75, 3.05) is 11.8 Å². The van der Waals surface area contributed by atoms with Gasteiger partial charge in [0.2, 0.25) is 0 Å². The third kappa shape index (κ3) is 3.46. The number of aryl methyl sites for hydroxylation is 2. The number of benzene rings is 1. The Kier molecular flexibility index (Phi) is 4.39. The summed E-state index contributed by atoms with van der Waals surface area (Å²) in [5.74, 6) is 0.284. The van der Waals surface area contributed by atoms with Crippen molar-refractivity contribution >= 4 is 27.3 Å². The molecule has 0 bridgehead atoms. The molecular weight excluding hydrogens is 312 g/mol. The molecule has 0 fully saturated rings. The Hall–Kier alpha value is -1.79. The van der Waals surface area contributed by atoms with Gasteiger partial charge in [-0.1, -0.05) is 17.7 Å². The molecule has 21 heavy (non-hydrogen) atoms. The van der Waals surface area contributed by atoms with E-state index in [-0.39, 0.29) is 10.6 Å². The van der Waals surface area contributed by atoms with Gasteiger partial charge in [0.05, 0.1) is 19.0 Å². The third-order valence-electron chi connectivity index (χ3n) is 2.88. The number of rotatable bonds is 4. The van der Waals surface area contributed by atoms with Crippen LogP contribution in [0.3, 0.4) is 0 Å². The van der Waals surface area contributed by atoms with Crippen molar-refractivity contribution < 1.29 is 13.2 Å². The number of anilines is 1. The van der Waals surface area contributed by atoms with Crippen LogP contribution in [0.15, 0.2) is 35.4 Å². The number of methoxy groups -OCH3 is 1. The molecular formula is C14H15ClN2O3S. The van der Waals surface area contributed by atoms with Crippen molar-refractivity contribution in [3.8, 4) is 5.75 Å². The summed E-state index contributed by atoms with van der Waals surface area (Å²) in [5.41, 5.74) is 1.86. The topological polar surface area (TPSA) is 68.3 Å². The average molecular weight is 327 g/mol. The highest BCUT2D eigenvalue weighted by molar-refractivity contribution is 7.92. The number of nitrogens with one attached hydrogen (secondary N) is 1. The summed E-state index contributed by atoms with van der Waals surface area (Å²) in [4.78, 5) is 4.00. The van der Waals surface area contributed by atoms with Gasteiger partial charge >= 0.3 is 0 Å². The van der Waals surface area contributed by atoms with Crippen molar-refractivity contribution in [3.05, 3.63) is 46.7 Å². The van der Waals surface area contributed by atoms with E-state index in [1.807, 2.05) is 6.92 Å². The summed E-state index contributed by atoms with van der Waals surface area (Å²) in [6, 6.07) is 6.58. The van der Waals surface area contributed by atoms with Crippen LogP contribution in [-0.2, 0) is 10.0 Å². The number of pyridine rings is 1. The van der Waals surface area contributed by atoms with Crippen LogP contribution < -0.4 is 9.46 Å². The molecule has 2 aromatic rings. The van der Waals surface area contributed by atoms with E-state index in [0.717, 1.165) is 5.56 Å². The Bertz CT molecular complexity index is 776. The van der Waals surface area contributed by atoms with Crippen molar-refractivity contribution in [1.29, 1.82) is 0 Å². The van der Waals surface area contributed by atoms with Crippen molar-refractivity contribution in [2.24, 2.45) is 0 Å². The predicted molar refractivity (Wildman–Crippen MR) is 82.5 cm³/mol. The quantitative estimate of drug-likeness (QED) is 0.876. The van der Waals surface area contributed by atoms with Gasteiger partial charge in [-0.2, -0.15) is 0 Å². The van der Waals surface area contributed by atoms with Gasteiger partial charge in [-0.3, -0.25) is 4.72 Å². The summed E-state index contributed by atoms with van der Waals surface area (Å²) in [5, 5.41) is 0.339. The van der Waals surface area contributed by atoms with Crippen LogP contribution >= 0.6 is 11.6 Å². The van der Waals surface area contributed by atoms with Crippen LogP contribution in [0, 0.1) is 13.8 Å². The lowest BCUT2D eigenvalue weighted by Crippen LogP contribution is -2.14. The van der Waals surface area contributed by atoms with Crippen LogP contribution in [0.2, 0.25) is 5.15 Å². The minimum Gasteiger partial charge on any atom is -0.495 e. The lowest BCUT2D eigenvalue weighted by Gasteiger charge is -2.12. The number of nitrogens with zero attached hydrogens (tertiary/aromatic N) is 1. The van der Waals surface area contributed by atoms with Gasteiger partial charge in [0.25, 0.3) is 10.0 Å². The van der Waals surface area contributed by atoms with Crippen LogP contribution in [0.25, 0.3) is 0 Å². The molecule has 1 aromatic carbocycles. The lowest BCUT2D eigenvalue weighted by molar-refractivity contribution is 0.402. The summed E-state index contributed by atoms with van der Waals surface area (Å²) in [6.07, 6.45) is 1.37. The second-order valence-corrected chi connectivity index (χ2v) is 6.60. The first-order valence-corrected chi connectivity index (χ1v) is 7.99. The van der Waals surface area contributed by atoms with Crippen LogP contribution in [-0.4, -0.2) is 20.5 Å². The number of aromatic nitrogens is 1. The van der Waals surface area contributed by atoms with Gasteiger partial charge in [0, 0.05) is 0 Å². The Labute approximate surface area is 129 Å². The second-order valence-electron chi connectivity index (χ2n) is 4.59. The molecule has 1 aromatic heterocycles. The first-order chi connectivity index (χ1) is 9.83. The Balaban J connectivity index is 2.42. The van der Waals surface area contributed by atoms with Crippen LogP contribution in [0.5, 0.6) is 5.75 Å². The zero-order chi connectivity index (χ0) is 15.6. The maximum Gasteiger partial charge on any atom is 0.265 e. The summed E-state index contributed by atoms with van der Waals surface area (Å²) in [7, 11) is -2.34. The molecule has 0 unspecified atom stereocenters. The molecule has 112 valence electrons. The Morgan fingerprint density at radius 1 is 1.24 bits per heavy atom.